The Hall–Kier alpha value is -1.72. The van der Waals surface area contributed by atoms with Gasteiger partial charge in [-0.15, -0.1) is 11.3 Å². The van der Waals surface area contributed by atoms with E-state index in [0.29, 0.717) is 30.2 Å². The first-order valence-electron chi connectivity index (χ1n) is 7.82. The fourth-order valence-electron chi connectivity index (χ4n) is 2.29. The van der Waals surface area contributed by atoms with Crippen molar-refractivity contribution in [1.82, 2.24) is 4.90 Å². The van der Waals surface area contributed by atoms with Crippen LogP contribution in [0.2, 0.25) is 4.34 Å². The van der Waals surface area contributed by atoms with E-state index >= 15 is 0 Å². The van der Waals surface area contributed by atoms with Crippen LogP contribution in [-0.4, -0.2) is 30.6 Å². The first kappa shape index (κ1) is 18.6. The Morgan fingerprint density at radius 1 is 1.25 bits per heavy atom. The van der Waals surface area contributed by atoms with Gasteiger partial charge >= 0.3 is 0 Å². The van der Waals surface area contributed by atoms with Crippen LogP contribution in [0.15, 0.2) is 30.3 Å². The maximum Gasteiger partial charge on any atom is 0.254 e. The molecule has 24 heavy (non-hydrogen) atoms. The van der Waals surface area contributed by atoms with E-state index in [4.69, 9.17) is 21.1 Å². The number of ether oxygens (including phenoxy) is 2. The van der Waals surface area contributed by atoms with Crippen molar-refractivity contribution in [3.8, 4) is 11.5 Å². The van der Waals surface area contributed by atoms with Crippen molar-refractivity contribution in [1.29, 1.82) is 0 Å². The highest BCUT2D eigenvalue weighted by atomic mass is 35.5. The highest BCUT2D eigenvalue weighted by Crippen LogP contribution is 2.30. The van der Waals surface area contributed by atoms with E-state index in [1.54, 1.807) is 30.2 Å². The third-order valence-corrected chi connectivity index (χ3v) is 4.63. The topological polar surface area (TPSA) is 38.8 Å². The zero-order valence-corrected chi connectivity index (χ0v) is 15.9. The van der Waals surface area contributed by atoms with Gasteiger partial charge in [0, 0.05) is 17.0 Å². The van der Waals surface area contributed by atoms with Crippen molar-refractivity contribution in [2.75, 3.05) is 13.7 Å². The number of nitrogens with zero attached hydrogens (tertiary/aromatic N) is 1. The van der Waals surface area contributed by atoms with Crippen molar-refractivity contribution in [2.24, 2.45) is 0 Å². The van der Waals surface area contributed by atoms with Gasteiger partial charge in [0.2, 0.25) is 0 Å². The van der Waals surface area contributed by atoms with Gasteiger partial charge in [0.1, 0.15) is 0 Å². The SMILES string of the molecule is CCN(Cc1ccc(Cl)s1)C(=O)c1ccc(OC(C)C)c(OC)c1. The standard InChI is InChI=1S/C18H22ClNO3S/c1-5-20(11-14-7-9-17(19)24-14)18(21)13-6-8-15(23-12(2)3)16(10-13)22-4/h6-10,12H,5,11H2,1-4H3. The molecular formula is C18H22ClNO3S. The number of methoxy groups -OCH3 is 1. The fraction of sp³-hybridized carbons (Fsp3) is 0.389. The molecule has 0 saturated carbocycles. The van der Waals surface area contributed by atoms with Gasteiger partial charge < -0.3 is 14.4 Å². The molecule has 6 heteroatoms. The molecule has 2 rings (SSSR count). The molecule has 1 aromatic heterocycles. The molecule has 0 aliphatic heterocycles. The van der Waals surface area contributed by atoms with Gasteiger partial charge in [0.25, 0.3) is 5.91 Å². The summed E-state index contributed by atoms with van der Waals surface area (Å²) in [5.74, 6) is 1.15. The van der Waals surface area contributed by atoms with Crippen molar-refractivity contribution < 1.29 is 14.3 Å². The number of benzene rings is 1. The van der Waals surface area contributed by atoms with E-state index in [2.05, 4.69) is 0 Å². The van der Waals surface area contributed by atoms with Crippen LogP contribution in [-0.2, 0) is 6.54 Å². The highest BCUT2D eigenvalue weighted by molar-refractivity contribution is 7.16. The number of halogens is 1. The van der Waals surface area contributed by atoms with Crippen LogP contribution < -0.4 is 9.47 Å². The summed E-state index contributed by atoms with van der Waals surface area (Å²) in [5, 5.41) is 0. The van der Waals surface area contributed by atoms with Crippen LogP contribution in [0.5, 0.6) is 11.5 Å². The van der Waals surface area contributed by atoms with E-state index < -0.39 is 0 Å². The molecule has 0 fully saturated rings. The molecule has 0 unspecified atom stereocenters. The lowest BCUT2D eigenvalue weighted by molar-refractivity contribution is 0.0753. The zero-order chi connectivity index (χ0) is 17.7. The summed E-state index contributed by atoms with van der Waals surface area (Å²) in [6.45, 7) is 7.01. The summed E-state index contributed by atoms with van der Waals surface area (Å²) in [6, 6.07) is 9.07. The van der Waals surface area contributed by atoms with E-state index in [1.807, 2.05) is 32.9 Å². The minimum atomic E-state index is -0.0450. The Morgan fingerprint density at radius 3 is 2.54 bits per heavy atom. The van der Waals surface area contributed by atoms with Crippen molar-refractivity contribution in [2.45, 2.75) is 33.4 Å². The molecule has 0 N–H and O–H groups in total. The molecule has 0 spiro atoms. The molecule has 130 valence electrons. The second-order valence-electron chi connectivity index (χ2n) is 5.56. The summed E-state index contributed by atoms with van der Waals surface area (Å²) in [5.41, 5.74) is 0.576. The van der Waals surface area contributed by atoms with Gasteiger partial charge in [-0.05, 0) is 51.1 Å². The van der Waals surface area contributed by atoms with Crippen molar-refractivity contribution in [3.05, 3.63) is 45.1 Å². The van der Waals surface area contributed by atoms with Crippen LogP contribution in [0.3, 0.4) is 0 Å². The molecular weight excluding hydrogens is 346 g/mol. The van der Waals surface area contributed by atoms with Crippen LogP contribution in [0, 0.1) is 0 Å². The zero-order valence-electron chi connectivity index (χ0n) is 14.3. The fourth-order valence-corrected chi connectivity index (χ4v) is 3.39. The molecule has 1 heterocycles. The number of rotatable bonds is 7. The Bertz CT molecular complexity index is 699. The smallest absolute Gasteiger partial charge is 0.254 e. The number of thiophene rings is 1. The highest BCUT2D eigenvalue weighted by Gasteiger charge is 2.18. The molecule has 4 nitrogen and oxygen atoms in total. The lowest BCUT2D eigenvalue weighted by atomic mass is 10.1. The first-order valence-corrected chi connectivity index (χ1v) is 9.02. The third-order valence-electron chi connectivity index (χ3n) is 3.42. The molecule has 1 aromatic carbocycles. The monoisotopic (exact) mass is 367 g/mol. The minimum absolute atomic E-state index is 0.0381. The van der Waals surface area contributed by atoms with Crippen molar-refractivity contribution in [3.63, 3.8) is 0 Å². The van der Waals surface area contributed by atoms with Gasteiger partial charge in [-0.25, -0.2) is 0 Å². The van der Waals surface area contributed by atoms with Crippen molar-refractivity contribution >= 4 is 28.8 Å². The largest absolute Gasteiger partial charge is 0.493 e. The predicted molar refractivity (Wildman–Crippen MR) is 98.5 cm³/mol. The molecule has 0 bridgehead atoms. The molecule has 1 amide bonds. The normalized spacial score (nSPS) is 10.8. The second-order valence-corrected chi connectivity index (χ2v) is 7.36. The van der Waals surface area contributed by atoms with Crippen LogP contribution in [0.1, 0.15) is 36.0 Å². The molecule has 0 aliphatic rings. The summed E-state index contributed by atoms with van der Waals surface area (Å²) >= 11 is 7.45. The van der Waals surface area contributed by atoms with Gasteiger partial charge in [0.15, 0.2) is 11.5 Å². The van der Waals surface area contributed by atoms with Crippen LogP contribution in [0.25, 0.3) is 0 Å². The first-order chi connectivity index (χ1) is 11.4. The number of carbonyl (C=O) groups is 1. The summed E-state index contributed by atoms with van der Waals surface area (Å²) in [4.78, 5) is 15.6. The van der Waals surface area contributed by atoms with E-state index in [-0.39, 0.29) is 12.0 Å². The number of hydrogen-bond acceptors (Lipinski definition) is 4. The molecule has 2 aromatic rings. The average molecular weight is 368 g/mol. The Balaban J connectivity index is 2.20. The molecule has 0 saturated heterocycles. The summed E-state index contributed by atoms with van der Waals surface area (Å²) in [6.07, 6.45) is 0.0381. The van der Waals surface area contributed by atoms with Gasteiger partial charge in [0.05, 0.1) is 24.1 Å². The lowest BCUT2D eigenvalue weighted by Gasteiger charge is -2.21. The van der Waals surface area contributed by atoms with E-state index in [9.17, 15) is 4.79 Å². The third kappa shape index (κ3) is 4.65. The summed E-state index contributed by atoms with van der Waals surface area (Å²) < 4.78 is 11.8. The second kappa shape index (κ2) is 8.40. The lowest BCUT2D eigenvalue weighted by Crippen LogP contribution is -2.30. The van der Waals surface area contributed by atoms with Gasteiger partial charge in [-0.2, -0.15) is 0 Å². The van der Waals surface area contributed by atoms with E-state index in [0.717, 1.165) is 9.21 Å². The Kier molecular flexibility index (Phi) is 6.52. The van der Waals surface area contributed by atoms with Crippen LogP contribution >= 0.6 is 22.9 Å². The van der Waals surface area contributed by atoms with Crippen LogP contribution in [0.4, 0.5) is 0 Å². The quantitative estimate of drug-likeness (QED) is 0.701. The Labute approximate surface area is 152 Å². The maximum atomic E-state index is 12.8. The predicted octanol–water partition coefficient (Wildman–Crippen LogP) is 4.86. The average Bonchev–Trinajstić information content (AvgIpc) is 2.97. The summed E-state index contributed by atoms with van der Waals surface area (Å²) in [7, 11) is 1.57. The maximum absolute atomic E-state index is 12.8. The molecule has 0 atom stereocenters. The number of amides is 1. The van der Waals surface area contributed by atoms with E-state index in [1.165, 1.54) is 11.3 Å². The van der Waals surface area contributed by atoms with Gasteiger partial charge in [-0.3, -0.25) is 4.79 Å². The van der Waals surface area contributed by atoms with Gasteiger partial charge in [-0.1, -0.05) is 11.6 Å². The Morgan fingerprint density at radius 2 is 2.00 bits per heavy atom. The number of hydrogen-bond donors (Lipinski definition) is 0. The number of carbonyl (C=O) groups excluding carboxylic acids is 1. The minimum Gasteiger partial charge on any atom is -0.493 e. The molecule has 0 aliphatic carbocycles. The molecule has 0 radical (unpaired) electrons.